The lowest BCUT2D eigenvalue weighted by Gasteiger charge is -2.23. The summed E-state index contributed by atoms with van der Waals surface area (Å²) in [5.74, 6) is 0.0658. The summed E-state index contributed by atoms with van der Waals surface area (Å²) in [5, 5.41) is 0. The van der Waals surface area contributed by atoms with Gasteiger partial charge in [0.15, 0.2) is 5.78 Å². The molecule has 0 aliphatic rings. The van der Waals surface area contributed by atoms with Crippen molar-refractivity contribution in [3.8, 4) is 0 Å². The number of rotatable bonds is 4. The zero-order chi connectivity index (χ0) is 13.9. The summed E-state index contributed by atoms with van der Waals surface area (Å²) in [7, 11) is 0. The van der Waals surface area contributed by atoms with Crippen LogP contribution >= 0.6 is 15.9 Å². The van der Waals surface area contributed by atoms with E-state index in [-0.39, 0.29) is 5.78 Å². The SMILES string of the molecule is CC(C)(Cc1ccc(Br)cc1)C(=O)c1cncnc1. The molecule has 0 fully saturated rings. The molecule has 0 aliphatic heterocycles. The molecular formula is C15H15BrN2O. The maximum absolute atomic E-state index is 12.4. The van der Waals surface area contributed by atoms with Crippen molar-refractivity contribution in [2.45, 2.75) is 20.3 Å². The lowest BCUT2D eigenvalue weighted by atomic mass is 9.79. The molecule has 0 bridgehead atoms. The highest BCUT2D eigenvalue weighted by molar-refractivity contribution is 9.10. The fourth-order valence-corrected chi connectivity index (χ4v) is 2.26. The van der Waals surface area contributed by atoms with Gasteiger partial charge in [-0.3, -0.25) is 4.79 Å². The van der Waals surface area contributed by atoms with Crippen molar-refractivity contribution in [1.82, 2.24) is 9.97 Å². The van der Waals surface area contributed by atoms with Gasteiger partial charge in [-0.05, 0) is 24.1 Å². The van der Waals surface area contributed by atoms with E-state index in [4.69, 9.17) is 0 Å². The first-order valence-electron chi connectivity index (χ1n) is 6.03. The molecule has 0 unspecified atom stereocenters. The Balaban J connectivity index is 2.18. The average molecular weight is 319 g/mol. The predicted octanol–water partition coefficient (Wildman–Crippen LogP) is 3.69. The summed E-state index contributed by atoms with van der Waals surface area (Å²) >= 11 is 3.41. The van der Waals surface area contributed by atoms with E-state index in [1.165, 1.54) is 6.33 Å². The molecule has 19 heavy (non-hydrogen) atoms. The molecule has 0 aliphatic carbocycles. The van der Waals surface area contributed by atoms with Crippen LogP contribution in [0.4, 0.5) is 0 Å². The van der Waals surface area contributed by atoms with Crippen LogP contribution in [0.25, 0.3) is 0 Å². The molecule has 1 heterocycles. The van der Waals surface area contributed by atoms with Crippen molar-refractivity contribution in [3.05, 3.63) is 58.6 Å². The summed E-state index contributed by atoms with van der Waals surface area (Å²) in [6, 6.07) is 8.03. The van der Waals surface area contributed by atoms with Crippen LogP contribution in [0.3, 0.4) is 0 Å². The van der Waals surface area contributed by atoms with E-state index in [2.05, 4.69) is 25.9 Å². The van der Waals surface area contributed by atoms with Gasteiger partial charge in [0.05, 0.1) is 5.56 Å². The first-order valence-corrected chi connectivity index (χ1v) is 6.82. The van der Waals surface area contributed by atoms with Crippen LogP contribution in [0.15, 0.2) is 47.5 Å². The van der Waals surface area contributed by atoms with E-state index in [0.717, 1.165) is 10.0 Å². The van der Waals surface area contributed by atoms with Crippen molar-refractivity contribution in [2.75, 3.05) is 0 Å². The molecule has 0 amide bonds. The van der Waals surface area contributed by atoms with Gasteiger partial charge in [0.2, 0.25) is 0 Å². The van der Waals surface area contributed by atoms with E-state index >= 15 is 0 Å². The molecule has 1 aromatic heterocycles. The van der Waals surface area contributed by atoms with Gasteiger partial charge in [-0.1, -0.05) is 41.9 Å². The normalized spacial score (nSPS) is 11.3. The van der Waals surface area contributed by atoms with Crippen LogP contribution in [0.1, 0.15) is 29.8 Å². The highest BCUT2D eigenvalue weighted by atomic mass is 79.9. The van der Waals surface area contributed by atoms with Crippen LogP contribution in [-0.4, -0.2) is 15.8 Å². The summed E-state index contributed by atoms with van der Waals surface area (Å²) in [5.41, 5.74) is 1.22. The number of hydrogen-bond acceptors (Lipinski definition) is 3. The number of carbonyl (C=O) groups is 1. The minimum atomic E-state index is -0.474. The summed E-state index contributed by atoms with van der Waals surface area (Å²) in [6.07, 6.45) is 5.25. The van der Waals surface area contributed by atoms with Gasteiger partial charge in [0.25, 0.3) is 0 Å². The largest absolute Gasteiger partial charge is 0.293 e. The van der Waals surface area contributed by atoms with Gasteiger partial charge in [-0.15, -0.1) is 0 Å². The molecule has 3 nitrogen and oxygen atoms in total. The number of ketones is 1. The van der Waals surface area contributed by atoms with Gasteiger partial charge in [0.1, 0.15) is 6.33 Å². The number of nitrogens with zero attached hydrogens (tertiary/aromatic N) is 2. The van der Waals surface area contributed by atoms with Gasteiger partial charge in [0, 0.05) is 22.3 Å². The molecule has 0 spiro atoms. The molecule has 4 heteroatoms. The van der Waals surface area contributed by atoms with E-state index in [9.17, 15) is 4.79 Å². The van der Waals surface area contributed by atoms with Gasteiger partial charge in [-0.2, -0.15) is 0 Å². The predicted molar refractivity (Wildman–Crippen MR) is 78.0 cm³/mol. The first kappa shape index (κ1) is 13.9. The van der Waals surface area contributed by atoms with Crippen molar-refractivity contribution in [1.29, 1.82) is 0 Å². The molecule has 1 aromatic carbocycles. The van der Waals surface area contributed by atoms with Gasteiger partial charge in [-0.25, -0.2) is 9.97 Å². The second kappa shape index (κ2) is 5.61. The Labute approximate surface area is 121 Å². The number of carbonyl (C=O) groups excluding carboxylic acids is 1. The number of Topliss-reactive ketones (excluding diaryl/α,β-unsaturated/α-hetero) is 1. The fourth-order valence-electron chi connectivity index (χ4n) is 2.00. The standard InChI is InChI=1S/C15H15BrN2O/c1-15(2,7-11-3-5-13(16)6-4-11)14(19)12-8-17-10-18-9-12/h3-6,8-10H,7H2,1-2H3. The lowest BCUT2D eigenvalue weighted by Crippen LogP contribution is -2.27. The molecule has 0 N–H and O–H groups in total. The maximum atomic E-state index is 12.4. The maximum Gasteiger partial charge on any atom is 0.171 e. The topological polar surface area (TPSA) is 42.9 Å². The quantitative estimate of drug-likeness (QED) is 0.807. The molecular weight excluding hydrogens is 304 g/mol. The number of aromatic nitrogens is 2. The molecule has 0 saturated carbocycles. The molecule has 98 valence electrons. The zero-order valence-electron chi connectivity index (χ0n) is 10.9. The Morgan fingerprint density at radius 2 is 1.74 bits per heavy atom. The second-order valence-electron chi connectivity index (χ2n) is 5.14. The lowest BCUT2D eigenvalue weighted by molar-refractivity contribution is 0.0837. The Hall–Kier alpha value is -1.55. The first-order chi connectivity index (χ1) is 8.99. The fraction of sp³-hybridized carbons (Fsp3) is 0.267. The van der Waals surface area contributed by atoms with E-state index < -0.39 is 5.41 Å². The van der Waals surface area contributed by atoms with Gasteiger partial charge < -0.3 is 0 Å². The second-order valence-corrected chi connectivity index (χ2v) is 6.06. The minimum Gasteiger partial charge on any atom is -0.293 e. The third kappa shape index (κ3) is 3.47. The number of hydrogen-bond donors (Lipinski definition) is 0. The summed E-state index contributed by atoms with van der Waals surface area (Å²) < 4.78 is 1.04. The van der Waals surface area contributed by atoms with Crippen molar-refractivity contribution < 1.29 is 4.79 Å². The van der Waals surface area contributed by atoms with Crippen molar-refractivity contribution in [2.24, 2.45) is 5.41 Å². The Kier molecular flexibility index (Phi) is 4.10. The van der Waals surface area contributed by atoms with Crippen LogP contribution < -0.4 is 0 Å². The summed E-state index contributed by atoms with van der Waals surface area (Å²) in [6.45, 7) is 3.90. The highest BCUT2D eigenvalue weighted by Crippen LogP contribution is 2.27. The Bertz CT molecular complexity index is 564. The average Bonchev–Trinajstić information content (AvgIpc) is 2.41. The van der Waals surface area contributed by atoms with Crippen LogP contribution in [0, 0.1) is 5.41 Å². The zero-order valence-corrected chi connectivity index (χ0v) is 12.5. The Morgan fingerprint density at radius 3 is 2.32 bits per heavy atom. The van der Waals surface area contributed by atoms with E-state index in [1.807, 2.05) is 38.1 Å². The van der Waals surface area contributed by atoms with Crippen LogP contribution in [-0.2, 0) is 6.42 Å². The Morgan fingerprint density at radius 1 is 1.16 bits per heavy atom. The number of benzene rings is 1. The molecule has 0 saturated heterocycles. The smallest absolute Gasteiger partial charge is 0.171 e. The minimum absolute atomic E-state index is 0.0658. The molecule has 0 radical (unpaired) electrons. The number of halogens is 1. The van der Waals surface area contributed by atoms with E-state index in [0.29, 0.717) is 12.0 Å². The van der Waals surface area contributed by atoms with Crippen LogP contribution in [0.5, 0.6) is 0 Å². The molecule has 2 rings (SSSR count). The van der Waals surface area contributed by atoms with Crippen molar-refractivity contribution in [3.63, 3.8) is 0 Å². The van der Waals surface area contributed by atoms with Crippen molar-refractivity contribution >= 4 is 21.7 Å². The van der Waals surface area contributed by atoms with E-state index in [1.54, 1.807) is 12.4 Å². The van der Waals surface area contributed by atoms with Crippen LogP contribution in [0.2, 0.25) is 0 Å². The third-order valence-corrected chi connectivity index (χ3v) is 3.53. The third-order valence-electron chi connectivity index (χ3n) is 3.00. The molecule has 0 atom stereocenters. The summed E-state index contributed by atoms with van der Waals surface area (Å²) in [4.78, 5) is 20.2. The monoisotopic (exact) mass is 318 g/mol. The highest BCUT2D eigenvalue weighted by Gasteiger charge is 2.29. The molecule has 2 aromatic rings. The van der Waals surface area contributed by atoms with Gasteiger partial charge >= 0.3 is 0 Å².